The van der Waals surface area contributed by atoms with Gasteiger partial charge in [-0.15, -0.1) is 11.8 Å². The van der Waals surface area contributed by atoms with Crippen molar-refractivity contribution in [1.82, 2.24) is 5.32 Å². The van der Waals surface area contributed by atoms with E-state index in [2.05, 4.69) is 5.32 Å². The third-order valence-electron chi connectivity index (χ3n) is 4.24. The predicted molar refractivity (Wildman–Crippen MR) is 85.3 cm³/mol. The second-order valence-corrected chi connectivity index (χ2v) is 7.08. The number of aryl methyl sites for hydroxylation is 1. The maximum absolute atomic E-state index is 12.8. The number of anilines is 1. The van der Waals surface area contributed by atoms with Crippen molar-refractivity contribution < 1.29 is 24.9 Å². The smallest absolute Gasteiger partial charge is 0.329 e. The maximum atomic E-state index is 12.8. The molecule has 0 aliphatic carbocycles. The van der Waals surface area contributed by atoms with Crippen LogP contribution in [0, 0.1) is 6.92 Å². The molecule has 0 aromatic heterocycles. The summed E-state index contributed by atoms with van der Waals surface area (Å²) in [7, 11) is 0. The molecule has 124 valence electrons. The summed E-state index contributed by atoms with van der Waals surface area (Å²) in [6.07, 6.45) is -2.50. The van der Waals surface area contributed by atoms with E-state index in [0.29, 0.717) is 5.69 Å². The first-order valence-electron chi connectivity index (χ1n) is 7.28. The van der Waals surface area contributed by atoms with Crippen molar-refractivity contribution in [3.63, 3.8) is 0 Å². The first-order chi connectivity index (χ1) is 11.0. The van der Waals surface area contributed by atoms with Crippen molar-refractivity contribution in [2.24, 2.45) is 0 Å². The molecule has 23 heavy (non-hydrogen) atoms. The fourth-order valence-electron chi connectivity index (χ4n) is 2.97. The van der Waals surface area contributed by atoms with Gasteiger partial charge in [-0.05, 0) is 18.6 Å². The van der Waals surface area contributed by atoms with Crippen molar-refractivity contribution in [3.8, 4) is 0 Å². The molecule has 1 aromatic carbocycles. The van der Waals surface area contributed by atoms with Gasteiger partial charge in [-0.25, -0.2) is 9.69 Å². The van der Waals surface area contributed by atoms with Gasteiger partial charge in [-0.3, -0.25) is 4.79 Å². The van der Waals surface area contributed by atoms with Crippen LogP contribution in [0.5, 0.6) is 0 Å². The Morgan fingerprint density at radius 1 is 1.22 bits per heavy atom. The molecule has 0 bridgehead atoms. The second-order valence-electron chi connectivity index (χ2n) is 5.69. The normalized spacial score (nSPS) is 34.1. The molecule has 8 heteroatoms. The SMILES string of the molecule is Cc1ccccc1N1C(=O)N[C@@H]2[C@@H](O)[C@H](O)[C@@H](CO)S[C@@H]2C1=O. The zero-order valence-corrected chi connectivity index (χ0v) is 13.2. The number of hydrogen-bond acceptors (Lipinski definition) is 6. The van der Waals surface area contributed by atoms with Crippen molar-refractivity contribution in [2.75, 3.05) is 11.5 Å². The van der Waals surface area contributed by atoms with Gasteiger partial charge in [0.1, 0.15) is 11.4 Å². The third-order valence-corrected chi connectivity index (χ3v) is 5.81. The van der Waals surface area contributed by atoms with Gasteiger partial charge in [0.15, 0.2) is 0 Å². The number of para-hydroxylation sites is 1. The van der Waals surface area contributed by atoms with Crippen molar-refractivity contribution in [2.45, 2.75) is 35.7 Å². The molecular weight excluding hydrogens is 320 g/mol. The largest absolute Gasteiger partial charge is 0.395 e. The Morgan fingerprint density at radius 2 is 1.91 bits per heavy atom. The number of imide groups is 1. The third kappa shape index (κ3) is 2.61. The number of hydrogen-bond donors (Lipinski definition) is 4. The first kappa shape index (κ1) is 16.3. The minimum absolute atomic E-state index is 0.363. The van der Waals surface area contributed by atoms with Crippen LogP contribution in [-0.4, -0.2) is 62.6 Å². The van der Waals surface area contributed by atoms with Gasteiger partial charge in [0, 0.05) is 0 Å². The van der Waals surface area contributed by atoms with E-state index in [9.17, 15) is 24.9 Å². The number of carbonyl (C=O) groups excluding carboxylic acids is 2. The van der Waals surface area contributed by atoms with E-state index in [1.54, 1.807) is 25.1 Å². The number of nitrogens with zero attached hydrogens (tertiary/aromatic N) is 1. The van der Waals surface area contributed by atoms with Crippen molar-refractivity contribution in [3.05, 3.63) is 29.8 Å². The Morgan fingerprint density at radius 3 is 2.57 bits per heavy atom. The Labute approximate surface area is 137 Å². The molecule has 0 spiro atoms. The molecule has 5 atom stereocenters. The Hall–Kier alpha value is -1.61. The molecule has 3 amide bonds. The van der Waals surface area contributed by atoms with Crippen LogP contribution in [0.4, 0.5) is 10.5 Å². The molecule has 3 rings (SSSR count). The first-order valence-corrected chi connectivity index (χ1v) is 8.22. The van der Waals surface area contributed by atoms with Gasteiger partial charge < -0.3 is 20.6 Å². The van der Waals surface area contributed by atoms with Crippen LogP contribution in [0.3, 0.4) is 0 Å². The van der Waals surface area contributed by atoms with Gasteiger partial charge >= 0.3 is 6.03 Å². The number of aliphatic hydroxyl groups is 3. The monoisotopic (exact) mass is 338 g/mol. The number of carbonyl (C=O) groups is 2. The summed E-state index contributed by atoms with van der Waals surface area (Å²) in [6, 6.07) is 5.52. The molecule has 2 fully saturated rings. The van der Waals surface area contributed by atoms with Gasteiger partial charge in [-0.1, -0.05) is 18.2 Å². The number of rotatable bonds is 2. The van der Waals surface area contributed by atoms with Crippen molar-refractivity contribution in [1.29, 1.82) is 0 Å². The number of fused-ring (bicyclic) bond motifs is 1. The van der Waals surface area contributed by atoms with Gasteiger partial charge in [0.25, 0.3) is 5.91 Å². The number of benzene rings is 1. The molecule has 2 saturated heterocycles. The molecule has 7 nitrogen and oxygen atoms in total. The second kappa shape index (κ2) is 6.12. The van der Waals surface area contributed by atoms with E-state index in [-0.39, 0.29) is 6.61 Å². The lowest BCUT2D eigenvalue weighted by molar-refractivity contribution is -0.120. The highest BCUT2D eigenvalue weighted by atomic mass is 32.2. The molecule has 4 N–H and O–H groups in total. The highest BCUT2D eigenvalue weighted by Gasteiger charge is 2.52. The Balaban J connectivity index is 1.95. The zero-order valence-electron chi connectivity index (χ0n) is 12.4. The highest BCUT2D eigenvalue weighted by Crippen LogP contribution is 2.37. The molecule has 2 heterocycles. The summed E-state index contributed by atoms with van der Waals surface area (Å²) in [5.74, 6) is -0.456. The lowest BCUT2D eigenvalue weighted by atomic mass is 9.96. The van der Waals surface area contributed by atoms with Crippen molar-refractivity contribution >= 4 is 29.4 Å². The maximum Gasteiger partial charge on any atom is 0.329 e. The summed E-state index contributed by atoms with van der Waals surface area (Å²) in [5.41, 5.74) is 1.25. The molecule has 0 radical (unpaired) electrons. The number of urea groups is 1. The quantitative estimate of drug-likeness (QED) is 0.585. The standard InChI is InChI=1S/C15H18N2O5S/c1-7-4-2-3-5-8(7)17-14(21)13-10(16-15(17)22)12(20)11(19)9(6-18)23-13/h2-5,9-13,18-20H,6H2,1H3,(H,16,22)/t9-,10-,11-,12-,13+/m1/s1. The summed E-state index contributed by atoms with van der Waals surface area (Å²) >= 11 is 1.08. The van der Waals surface area contributed by atoms with Gasteiger partial charge in [-0.2, -0.15) is 0 Å². The lowest BCUT2D eigenvalue weighted by Crippen LogP contribution is -2.70. The van der Waals surface area contributed by atoms with Crippen LogP contribution >= 0.6 is 11.8 Å². The van der Waals surface area contributed by atoms with E-state index < -0.39 is 40.7 Å². The van der Waals surface area contributed by atoms with Gasteiger partial charge in [0.2, 0.25) is 0 Å². The minimum atomic E-state index is -1.30. The Kier molecular flexibility index (Phi) is 4.33. The molecule has 0 saturated carbocycles. The highest BCUT2D eigenvalue weighted by molar-refractivity contribution is 8.01. The average molecular weight is 338 g/mol. The average Bonchev–Trinajstić information content (AvgIpc) is 2.53. The Bertz CT molecular complexity index is 640. The number of thioether (sulfide) groups is 1. The topological polar surface area (TPSA) is 110 Å². The van der Waals surface area contributed by atoms with Gasteiger partial charge in [0.05, 0.1) is 29.7 Å². The summed E-state index contributed by atoms with van der Waals surface area (Å²) < 4.78 is 0. The molecule has 2 aliphatic rings. The lowest BCUT2D eigenvalue weighted by Gasteiger charge is -2.46. The summed E-state index contributed by atoms with van der Waals surface area (Å²) in [6.45, 7) is 1.43. The fourth-order valence-corrected chi connectivity index (χ4v) is 4.37. The van der Waals surface area contributed by atoms with Crippen LogP contribution in [-0.2, 0) is 4.79 Å². The van der Waals surface area contributed by atoms with E-state index in [1.165, 1.54) is 0 Å². The fraction of sp³-hybridized carbons (Fsp3) is 0.467. The van der Waals surface area contributed by atoms with E-state index in [4.69, 9.17) is 0 Å². The molecular formula is C15H18N2O5S. The van der Waals surface area contributed by atoms with Crippen LogP contribution in [0.1, 0.15) is 5.56 Å². The van der Waals surface area contributed by atoms with E-state index in [0.717, 1.165) is 22.2 Å². The zero-order chi connectivity index (χ0) is 16.7. The molecule has 0 unspecified atom stereocenters. The predicted octanol–water partition coefficient (Wildman–Crippen LogP) is -0.382. The molecule has 1 aromatic rings. The van der Waals surface area contributed by atoms with Crippen LogP contribution in [0.25, 0.3) is 0 Å². The number of amides is 3. The number of nitrogens with one attached hydrogen (secondary N) is 1. The van der Waals surface area contributed by atoms with Crippen LogP contribution in [0.15, 0.2) is 24.3 Å². The molecule has 2 aliphatic heterocycles. The number of aliphatic hydroxyl groups excluding tert-OH is 3. The summed E-state index contributed by atoms with van der Waals surface area (Å²) in [5, 5.41) is 30.6. The van der Waals surface area contributed by atoms with Crippen LogP contribution in [0.2, 0.25) is 0 Å². The minimum Gasteiger partial charge on any atom is -0.395 e. The van der Waals surface area contributed by atoms with E-state index >= 15 is 0 Å². The summed E-state index contributed by atoms with van der Waals surface area (Å²) in [4.78, 5) is 26.2. The van der Waals surface area contributed by atoms with Crippen LogP contribution < -0.4 is 10.2 Å². The van der Waals surface area contributed by atoms with E-state index in [1.807, 2.05) is 6.07 Å².